The van der Waals surface area contributed by atoms with Crippen molar-refractivity contribution in [2.45, 2.75) is 17.5 Å². The number of rotatable bonds is 8. The lowest BCUT2D eigenvalue weighted by Crippen LogP contribution is -2.03. The molecule has 0 spiro atoms. The predicted molar refractivity (Wildman–Crippen MR) is 96.2 cm³/mol. The zero-order valence-electron chi connectivity index (χ0n) is 14.8. The minimum atomic E-state index is -2.94. The third-order valence-electron chi connectivity index (χ3n) is 3.65. The van der Waals surface area contributed by atoms with E-state index in [0.717, 1.165) is 5.69 Å². The Morgan fingerprint density at radius 1 is 1.00 bits per heavy atom. The number of pyridine rings is 1. The van der Waals surface area contributed by atoms with Gasteiger partial charge in [-0.1, -0.05) is 11.8 Å². The van der Waals surface area contributed by atoms with Gasteiger partial charge in [0.2, 0.25) is 0 Å². The van der Waals surface area contributed by atoms with Gasteiger partial charge in [0.05, 0.1) is 44.3 Å². The molecule has 7 nitrogen and oxygen atoms in total. The molecule has 0 fully saturated rings. The molecule has 0 radical (unpaired) electrons. The number of halogens is 2. The number of ether oxygens (including phenoxy) is 4. The number of nitrogens with one attached hydrogen (secondary N) is 1. The molecular weight excluding hydrogens is 380 g/mol. The number of fused-ring (bicyclic) bond motifs is 1. The molecule has 2 heterocycles. The van der Waals surface area contributed by atoms with Crippen LogP contribution < -0.4 is 18.9 Å². The molecule has 1 N–H and O–H groups in total. The molecule has 3 aromatic rings. The van der Waals surface area contributed by atoms with Crippen molar-refractivity contribution in [3.63, 3.8) is 0 Å². The fraction of sp³-hybridized carbons (Fsp3) is 0.294. The van der Waals surface area contributed by atoms with Crippen molar-refractivity contribution in [1.82, 2.24) is 15.0 Å². The molecule has 0 amide bonds. The van der Waals surface area contributed by atoms with E-state index < -0.39 is 6.61 Å². The van der Waals surface area contributed by atoms with Crippen molar-refractivity contribution in [3.8, 4) is 23.0 Å². The maximum absolute atomic E-state index is 12.5. The standard InChI is InChI=1S/C17H17F2N3O4S/c1-23-12-4-9(20-7-15(12)25-3)8-27-17-21-10-5-13(24-2)14(26-16(18)19)6-11(10)22-17/h4-7,16H,8H2,1-3H3,(H,21,22). The van der Waals surface area contributed by atoms with Gasteiger partial charge in [-0.2, -0.15) is 8.78 Å². The van der Waals surface area contributed by atoms with E-state index in [1.807, 2.05) is 0 Å². The molecule has 0 saturated heterocycles. The second-order valence-electron chi connectivity index (χ2n) is 5.26. The van der Waals surface area contributed by atoms with Crippen molar-refractivity contribution in [3.05, 3.63) is 30.1 Å². The summed E-state index contributed by atoms with van der Waals surface area (Å²) in [6.45, 7) is -2.94. The number of alkyl halides is 2. The van der Waals surface area contributed by atoms with Gasteiger partial charge in [0.1, 0.15) is 0 Å². The summed E-state index contributed by atoms with van der Waals surface area (Å²) in [6.07, 6.45) is 1.59. The fourth-order valence-corrected chi connectivity index (χ4v) is 3.20. The Labute approximate surface area is 158 Å². The molecule has 0 atom stereocenters. The number of benzene rings is 1. The quantitative estimate of drug-likeness (QED) is 0.578. The van der Waals surface area contributed by atoms with Crippen molar-refractivity contribution >= 4 is 22.8 Å². The number of imidazole rings is 1. The highest BCUT2D eigenvalue weighted by atomic mass is 32.2. The molecule has 2 aromatic heterocycles. The van der Waals surface area contributed by atoms with E-state index in [1.54, 1.807) is 32.5 Å². The number of nitrogens with zero attached hydrogens (tertiary/aromatic N) is 2. The van der Waals surface area contributed by atoms with Gasteiger partial charge in [-0.15, -0.1) is 0 Å². The van der Waals surface area contributed by atoms with Crippen molar-refractivity contribution in [2.24, 2.45) is 0 Å². The largest absolute Gasteiger partial charge is 0.493 e. The number of hydrogen-bond acceptors (Lipinski definition) is 7. The summed E-state index contributed by atoms with van der Waals surface area (Å²) >= 11 is 1.41. The maximum Gasteiger partial charge on any atom is 0.387 e. The summed E-state index contributed by atoms with van der Waals surface area (Å²) in [5.41, 5.74) is 1.92. The van der Waals surface area contributed by atoms with Crippen LogP contribution in [0, 0.1) is 0 Å². The smallest absolute Gasteiger partial charge is 0.387 e. The summed E-state index contributed by atoms with van der Waals surface area (Å²) in [7, 11) is 4.48. The van der Waals surface area contributed by atoms with Gasteiger partial charge in [0, 0.05) is 24.0 Å². The van der Waals surface area contributed by atoms with Crippen LogP contribution >= 0.6 is 11.8 Å². The Bertz CT molecular complexity index is 936. The van der Waals surface area contributed by atoms with Gasteiger partial charge in [0.15, 0.2) is 28.2 Å². The van der Waals surface area contributed by atoms with E-state index in [4.69, 9.17) is 14.2 Å². The van der Waals surface area contributed by atoms with E-state index in [-0.39, 0.29) is 11.5 Å². The van der Waals surface area contributed by atoms with E-state index in [2.05, 4.69) is 19.7 Å². The van der Waals surface area contributed by atoms with Crippen LogP contribution in [0.25, 0.3) is 11.0 Å². The van der Waals surface area contributed by atoms with E-state index in [1.165, 1.54) is 24.9 Å². The summed E-state index contributed by atoms with van der Waals surface area (Å²) in [5.74, 6) is 1.80. The average molecular weight is 397 g/mol. The molecule has 27 heavy (non-hydrogen) atoms. The van der Waals surface area contributed by atoms with Crippen LogP contribution in [0.5, 0.6) is 23.0 Å². The maximum atomic E-state index is 12.5. The van der Waals surface area contributed by atoms with Gasteiger partial charge in [-0.25, -0.2) is 4.98 Å². The first kappa shape index (κ1) is 19.0. The zero-order chi connectivity index (χ0) is 19.4. The Kier molecular flexibility index (Phi) is 5.84. The Morgan fingerprint density at radius 2 is 1.70 bits per heavy atom. The van der Waals surface area contributed by atoms with E-state index in [0.29, 0.717) is 33.4 Å². The van der Waals surface area contributed by atoms with Crippen LogP contribution in [-0.2, 0) is 5.75 Å². The molecule has 0 saturated carbocycles. The minimum absolute atomic E-state index is 0.0652. The molecule has 0 aliphatic rings. The van der Waals surface area contributed by atoms with Crippen molar-refractivity contribution in [1.29, 1.82) is 0 Å². The highest BCUT2D eigenvalue weighted by Crippen LogP contribution is 2.34. The van der Waals surface area contributed by atoms with Crippen molar-refractivity contribution in [2.75, 3.05) is 21.3 Å². The van der Waals surface area contributed by atoms with Gasteiger partial charge in [-0.3, -0.25) is 4.98 Å². The monoisotopic (exact) mass is 397 g/mol. The third kappa shape index (κ3) is 4.33. The molecule has 3 rings (SSSR count). The number of aromatic amines is 1. The normalized spacial score (nSPS) is 11.0. The van der Waals surface area contributed by atoms with Crippen LogP contribution in [0.1, 0.15) is 5.69 Å². The first-order chi connectivity index (χ1) is 13.0. The summed E-state index contributed by atoms with van der Waals surface area (Å²) in [6, 6.07) is 4.76. The predicted octanol–water partition coefficient (Wildman–Crippen LogP) is 3.88. The van der Waals surface area contributed by atoms with Gasteiger partial charge >= 0.3 is 6.61 Å². The molecule has 0 aliphatic carbocycles. The number of hydrogen-bond donors (Lipinski definition) is 1. The molecule has 0 aliphatic heterocycles. The third-order valence-corrected chi connectivity index (χ3v) is 4.55. The van der Waals surface area contributed by atoms with Gasteiger partial charge in [0.25, 0.3) is 0 Å². The molecule has 0 unspecified atom stereocenters. The Balaban J connectivity index is 1.79. The summed E-state index contributed by atoms with van der Waals surface area (Å²) in [5, 5.41) is 0.609. The number of thioether (sulfide) groups is 1. The number of methoxy groups -OCH3 is 3. The second kappa shape index (κ2) is 8.30. The first-order valence-corrected chi connectivity index (χ1v) is 8.75. The highest BCUT2D eigenvalue weighted by Gasteiger charge is 2.15. The van der Waals surface area contributed by atoms with Gasteiger partial charge < -0.3 is 23.9 Å². The van der Waals surface area contributed by atoms with Crippen LogP contribution in [0.4, 0.5) is 8.78 Å². The minimum Gasteiger partial charge on any atom is -0.493 e. The Hall–Kier alpha value is -2.75. The lowest BCUT2D eigenvalue weighted by Gasteiger charge is -2.09. The zero-order valence-corrected chi connectivity index (χ0v) is 15.6. The second-order valence-corrected chi connectivity index (χ2v) is 6.22. The van der Waals surface area contributed by atoms with Crippen molar-refractivity contribution < 1.29 is 27.7 Å². The topological polar surface area (TPSA) is 78.5 Å². The van der Waals surface area contributed by atoms with Crippen LogP contribution in [0.3, 0.4) is 0 Å². The molecule has 10 heteroatoms. The number of H-pyrrole nitrogens is 1. The van der Waals surface area contributed by atoms with Crippen LogP contribution in [0.15, 0.2) is 29.6 Å². The lowest BCUT2D eigenvalue weighted by molar-refractivity contribution is -0.0511. The van der Waals surface area contributed by atoms with Crippen LogP contribution in [-0.4, -0.2) is 42.9 Å². The summed E-state index contributed by atoms with van der Waals surface area (Å²) < 4.78 is 45.1. The number of aromatic nitrogens is 3. The van der Waals surface area contributed by atoms with Gasteiger partial charge in [-0.05, 0) is 0 Å². The first-order valence-electron chi connectivity index (χ1n) is 7.76. The van der Waals surface area contributed by atoms with Crippen LogP contribution in [0.2, 0.25) is 0 Å². The molecular formula is C17H17F2N3O4S. The highest BCUT2D eigenvalue weighted by molar-refractivity contribution is 7.98. The fourth-order valence-electron chi connectivity index (χ4n) is 2.41. The summed E-state index contributed by atoms with van der Waals surface area (Å²) in [4.78, 5) is 11.8. The molecule has 0 bridgehead atoms. The lowest BCUT2D eigenvalue weighted by atomic mass is 10.3. The van der Waals surface area contributed by atoms with E-state index in [9.17, 15) is 8.78 Å². The SMILES string of the molecule is COc1cnc(CSc2nc3cc(OC(F)F)c(OC)cc3[nH]2)cc1OC. The van der Waals surface area contributed by atoms with E-state index >= 15 is 0 Å². The molecule has 144 valence electrons. The Morgan fingerprint density at radius 3 is 2.37 bits per heavy atom. The molecule has 1 aromatic carbocycles. The average Bonchev–Trinajstić information content (AvgIpc) is 3.06.